The Balaban J connectivity index is 2.41. The highest BCUT2D eigenvalue weighted by Crippen LogP contribution is 2.27. The zero-order chi connectivity index (χ0) is 14.6. The van der Waals surface area contributed by atoms with Gasteiger partial charge in [0.1, 0.15) is 11.5 Å². The average molecular weight is 281 g/mol. The molecule has 0 aliphatic carbocycles. The third-order valence-corrected chi connectivity index (χ3v) is 3.81. The van der Waals surface area contributed by atoms with Crippen LogP contribution in [0.4, 0.5) is 4.39 Å². The maximum Gasteiger partial charge on any atom is 0.257 e. The number of nitrogens with one attached hydrogen (secondary N) is 1. The Bertz CT molecular complexity index is 1060. The monoisotopic (exact) mass is 281 g/mol. The molecule has 3 aromatic heterocycles. The van der Waals surface area contributed by atoms with Crippen LogP contribution in [-0.4, -0.2) is 14.4 Å². The summed E-state index contributed by atoms with van der Waals surface area (Å²) in [6, 6.07) is 6.28. The van der Waals surface area contributed by atoms with E-state index in [4.69, 9.17) is 0 Å². The number of nitrogens with zero attached hydrogens (tertiary/aromatic N) is 2. The summed E-state index contributed by atoms with van der Waals surface area (Å²) in [5.74, 6) is -0.362. The van der Waals surface area contributed by atoms with Gasteiger partial charge >= 0.3 is 0 Å². The van der Waals surface area contributed by atoms with Gasteiger partial charge in [0.25, 0.3) is 5.56 Å². The van der Waals surface area contributed by atoms with E-state index in [1.54, 1.807) is 12.3 Å². The Kier molecular flexibility index (Phi) is 2.39. The standard InChI is InChI=1S/C16H12FN3O/c1-2-10-8-20-13-5-6-18-16(21)14(13)12-7-9(17)3-4-11(12)15(20)19-10/h3-8H,2H2,1H3,(H,18,21). The molecule has 0 atom stereocenters. The second kappa shape index (κ2) is 4.15. The number of rotatable bonds is 1. The first-order valence-corrected chi connectivity index (χ1v) is 6.79. The average Bonchev–Trinajstić information content (AvgIpc) is 2.91. The van der Waals surface area contributed by atoms with Crippen molar-refractivity contribution in [1.29, 1.82) is 0 Å². The van der Waals surface area contributed by atoms with Crippen LogP contribution in [0.1, 0.15) is 12.6 Å². The lowest BCUT2D eigenvalue weighted by Crippen LogP contribution is -2.07. The number of benzene rings is 1. The number of H-pyrrole nitrogens is 1. The van der Waals surface area contributed by atoms with Crippen molar-refractivity contribution in [3.63, 3.8) is 0 Å². The smallest absolute Gasteiger partial charge is 0.257 e. The van der Waals surface area contributed by atoms with Gasteiger partial charge in [-0.15, -0.1) is 0 Å². The third-order valence-electron chi connectivity index (χ3n) is 3.81. The van der Waals surface area contributed by atoms with E-state index in [0.29, 0.717) is 10.8 Å². The molecular weight excluding hydrogens is 269 g/mol. The molecule has 21 heavy (non-hydrogen) atoms. The topological polar surface area (TPSA) is 50.2 Å². The zero-order valence-electron chi connectivity index (χ0n) is 11.4. The Labute approximate surface area is 118 Å². The number of aryl methyl sites for hydroxylation is 1. The second-order valence-electron chi connectivity index (χ2n) is 5.04. The maximum atomic E-state index is 13.6. The number of hydrogen-bond donors (Lipinski definition) is 1. The van der Waals surface area contributed by atoms with Gasteiger partial charge in [-0.25, -0.2) is 9.37 Å². The molecule has 0 fully saturated rings. The van der Waals surface area contributed by atoms with Gasteiger partial charge < -0.3 is 4.98 Å². The predicted molar refractivity (Wildman–Crippen MR) is 80.2 cm³/mol. The van der Waals surface area contributed by atoms with Crippen LogP contribution in [0.3, 0.4) is 0 Å². The van der Waals surface area contributed by atoms with Crippen LogP contribution in [0.15, 0.2) is 41.5 Å². The maximum absolute atomic E-state index is 13.6. The van der Waals surface area contributed by atoms with Gasteiger partial charge in [0, 0.05) is 23.2 Å². The first kappa shape index (κ1) is 12.1. The lowest BCUT2D eigenvalue weighted by molar-refractivity contribution is 0.630. The fraction of sp³-hybridized carbons (Fsp3) is 0.125. The molecule has 0 bridgehead atoms. The van der Waals surface area contributed by atoms with Crippen LogP contribution in [0.2, 0.25) is 0 Å². The first-order chi connectivity index (χ1) is 10.2. The summed E-state index contributed by atoms with van der Waals surface area (Å²) in [5.41, 5.74) is 2.20. The minimum absolute atomic E-state index is 0.225. The van der Waals surface area contributed by atoms with Gasteiger partial charge in [0.2, 0.25) is 0 Å². The molecule has 104 valence electrons. The largest absolute Gasteiger partial charge is 0.328 e. The van der Waals surface area contributed by atoms with Crippen molar-refractivity contribution in [3.8, 4) is 0 Å². The van der Waals surface area contributed by atoms with Gasteiger partial charge in [-0.1, -0.05) is 6.92 Å². The van der Waals surface area contributed by atoms with Crippen LogP contribution in [-0.2, 0) is 6.42 Å². The van der Waals surface area contributed by atoms with E-state index in [-0.39, 0.29) is 11.4 Å². The van der Waals surface area contributed by atoms with Gasteiger partial charge in [-0.05, 0) is 30.7 Å². The number of pyridine rings is 2. The van der Waals surface area contributed by atoms with E-state index in [2.05, 4.69) is 9.97 Å². The second-order valence-corrected chi connectivity index (χ2v) is 5.04. The van der Waals surface area contributed by atoms with E-state index in [1.807, 2.05) is 23.6 Å². The van der Waals surface area contributed by atoms with Gasteiger partial charge in [-0.3, -0.25) is 9.20 Å². The van der Waals surface area contributed by atoms with Crippen LogP contribution in [0.5, 0.6) is 0 Å². The molecule has 4 rings (SSSR count). The minimum atomic E-state index is -0.362. The molecule has 5 heteroatoms. The van der Waals surface area contributed by atoms with E-state index in [0.717, 1.165) is 28.7 Å². The lowest BCUT2D eigenvalue weighted by Gasteiger charge is -2.07. The van der Waals surface area contributed by atoms with Crippen molar-refractivity contribution in [2.45, 2.75) is 13.3 Å². The molecule has 0 saturated carbocycles. The number of halogens is 1. The molecule has 4 nitrogen and oxygen atoms in total. The summed E-state index contributed by atoms with van der Waals surface area (Å²) < 4.78 is 15.5. The van der Waals surface area contributed by atoms with Gasteiger partial charge in [0.05, 0.1) is 16.6 Å². The molecular formula is C16H12FN3O. The van der Waals surface area contributed by atoms with Crippen LogP contribution in [0, 0.1) is 5.82 Å². The summed E-state index contributed by atoms with van der Waals surface area (Å²) in [7, 11) is 0. The molecule has 0 saturated heterocycles. The summed E-state index contributed by atoms with van der Waals surface area (Å²) >= 11 is 0. The molecule has 4 aromatic rings. The summed E-state index contributed by atoms with van der Waals surface area (Å²) in [5, 5.41) is 1.85. The molecule has 0 aliphatic rings. The highest BCUT2D eigenvalue weighted by Gasteiger charge is 2.13. The molecule has 1 aromatic carbocycles. The highest BCUT2D eigenvalue weighted by molar-refractivity contribution is 6.11. The van der Waals surface area contributed by atoms with Crippen molar-refractivity contribution in [3.05, 3.63) is 58.5 Å². The molecule has 0 unspecified atom stereocenters. The fourth-order valence-electron chi connectivity index (χ4n) is 2.82. The fourth-order valence-corrected chi connectivity index (χ4v) is 2.82. The van der Waals surface area contributed by atoms with E-state index in [1.165, 1.54) is 12.1 Å². The molecule has 0 spiro atoms. The van der Waals surface area contributed by atoms with Crippen molar-refractivity contribution < 1.29 is 4.39 Å². The van der Waals surface area contributed by atoms with Crippen molar-refractivity contribution in [1.82, 2.24) is 14.4 Å². The number of aromatic amines is 1. The molecule has 0 radical (unpaired) electrons. The van der Waals surface area contributed by atoms with E-state index in [9.17, 15) is 9.18 Å². The highest BCUT2D eigenvalue weighted by atomic mass is 19.1. The quantitative estimate of drug-likeness (QED) is 0.545. The van der Waals surface area contributed by atoms with E-state index < -0.39 is 0 Å². The van der Waals surface area contributed by atoms with Gasteiger partial charge in [0.15, 0.2) is 0 Å². The molecule has 3 heterocycles. The van der Waals surface area contributed by atoms with Crippen molar-refractivity contribution in [2.24, 2.45) is 0 Å². The summed E-state index contributed by atoms with van der Waals surface area (Å²) in [6.07, 6.45) is 4.33. The van der Waals surface area contributed by atoms with Crippen molar-refractivity contribution >= 4 is 27.3 Å². The molecule has 1 N–H and O–H groups in total. The Morgan fingerprint density at radius 1 is 1.29 bits per heavy atom. The first-order valence-electron chi connectivity index (χ1n) is 6.79. The third kappa shape index (κ3) is 1.60. The molecule has 0 amide bonds. The summed E-state index contributed by atoms with van der Waals surface area (Å²) in [6.45, 7) is 2.03. The number of fused-ring (bicyclic) bond motifs is 6. The van der Waals surface area contributed by atoms with Gasteiger partial charge in [-0.2, -0.15) is 0 Å². The normalized spacial score (nSPS) is 11.7. The zero-order valence-corrected chi connectivity index (χ0v) is 11.4. The van der Waals surface area contributed by atoms with Crippen LogP contribution < -0.4 is 5.56 Å². The van der Waals surface area contributed by atoms with Crippen LogP contribution in [0.25, 0.3) is 27.3 Å². The van der Waals surface area contributed by atoms with Crippen molar-refractivity contribution in [2.75, 3.05) is 0 Å². The summed E-state index contributed by atoms with van der Waals surface area (Å²) in [4.78, 5) is 19.5. The lowest BCUT2D eigenvalue weighted by atomic mass is 10.1. The predicted octanol–water partition coefficient (Wildman–Crippen LogP) is 3.03. The minimum Gasteiger partial charge on any atom is -0.328 e. The molecule has 0 aliphatic heterocycles. The number of hydrogen-bond acceptors (Lipinski definition) is 2. The number of imidazole rings is 1. The van der Waals surface area contributed by atoms with E-state index >= 15 is 0 Å². The Morgan fingerprint density at radius 2 is 2.14 bits per heavy atom. The van der Waals surface area contributed by atoms with Crippen LogP contribution >= 0.6 is 0 Å². The number of aromatic nitrogens is 3. The Morgan fingerprint density at radius 3 is 2.95 bits per heavy atom. The Hall–Kier alpha value is -2.69. The SMILES string of the molecule is CCc1cn2c3cc[nH]c(=O)c3c3cc(F)ccc3c2n1.